The summed E-state index contributed by atoms with van der Waals surface area (Å²) >= 11 is 1.66. The van der Waals surface area contributed by atoms with Crippen LogP contribution in [0.5, 0.6) is 0 Å². The second kappa shape index (κ2) is 7.34. The molecule has 21 heavy (non-hydrogen) atoms. The largest absolute Gasteiger partial charge is 0.373 e. The Hall–Kier alpha value is -0.970. The minimum absolute atomic E-state index is 0.151. The lowest BCUT2D eigenvalue weighted by molar-refractivity contribution is 0.0238. The van der Waals surface area contributed by atoms with Crippen molar-refractivity contribution >= 4 is 21.4 Å². The van der Waals surface area contributed by atoms with Crippen molar-refractivity contribution in [2.24, 2.45) is 5.92 Å². The smallest absolute Gasteiger partial charge is 0.132 e. The molecular weight excluding hydrogens is 285 g/mol. The van der Waals surface area contributed by atoms with E-state index in [9.17, 15) is 4.39 Å². The summed E-state index contributed by atoms with van der Waals surface area (Å²) in [6, 6.07) is 5.28. The number of benzene rings is 1. The summed E-state index contributed by atoms with van der Waals surface area (Å²) < 4.78 is 21.1. The van der Waals surface area contributed by atoms with E-state index >= 15 is 0 Å². The molecule has 2 nitrogen and oxygen atoms in total. The van der Waals surface area contributed by atoms with E-state index in [4.69, 9.17) is 4.74 Å². The number of fused-ring (bicyclic) bond motifs is 1. The molecule has 1 unspecified atom stereocenters. The lowest BCUT2D eigenvalue weighted by Gasteiger charge is -2.17. The molecule has 2 rings (SSSR count). The van der Waals surface area contributed by atoms with Gasteiger partial charge in [0.05, 0.1) is 12.7 Å². The van der Waals surface area contributed by atoms with Crippen molar-refractivity contribution in [3.05, 3.63) is 34.5 Å². The van der Waals surface area contributed by atoms with Gasteiger partial charge < -0.3 is 10.1 Å². The Kier molecular flexibility index (Phi) is 5.73. The first kappa shape index (κ1) is 16.4. The van der Waals surface area contributed by atoms with Gasteiger partial charge in [-0.25, -0.2) is 4.39 Å². The van der Waals surface area contributed by atoms with Crippen molar-refractivity contribution in [3.8, 4) is 0 Å². The molecule has 1 atom stereocenters. The topological polar surface area (TPSA) is 21.3 Å². The zero-order valence-electron chi connectivity index (χ0n) is 13.2. The number of thiophene rings is 1. The van der Waals surface area contributed by atoms with Crippen molar-refractivity contribution in [1.82, 2.24) is 5.32 Å². The highest BCUT2D eigenvalue weighted by molar-refractivity contribution is 7.19. The van der Waals surface area contributed by atoms with Gasteiger partial charge in [-0.1, -0.05) is 26.8 Å². The molecule has 1 heterocycles. The number of nitrogens with one attached hydrogen (secondary N) is 1. The van der Waals surface area contributed by atoms with Gasteiger partial charge in [0.2, 0.25) is 0 Å². The molecule has 0 aliphatic heterocycles. The third-order valence-corrected chi connectivity index (χ3v) is 5.01. The fourth-order valence-electron chi connectivity index (χ4n) is 2.16. The van der Waals surface area contributed by atoms with Crippen LogP contribution in [0.25, 0.3) is 10.1 Å². The predicted octanol–water partition coefficient (Wildman–Crippen LogP) is 4.71. The molecule has 0 amide bonds. The zero-order valence-corrected chi connectivity index (χ0v) is 14.0. The molecule has 0 spiro atoms. The second-order valence-electron chi connectivity index (χ2n) is 5.66. The maximum Gasteiger partial charge on any atom is 0.132 e. The van der Waals surface area contributed by atoms with Crippen LogP contribution >= 0.6 is 11.3 Å². The van der Waals surface area contributed by atoms with E-state index in [1.165, 1.54) is 10.9 Å². The van der Waals surface area contributed by atoms with Gasteiger partial charge in [-0.05, 0) is 31.5 Å². The molecular formula is C17H24FNOS. The molecule has 0 fully saturated rings. The van der Waals surface area contributed by atoms with Crippen LogP contribution in [-0.4, -0.2) is 12.6 Å². The summed E-state index contributed by atoms with van der Waals surface area (Å²) in [6.45, 7) is 10.6. The van der Waals surface area contributed by atoms with Crippen molar-refractivity contribution in [2.75, 3.05) is 6.54 Å². The molecule has 0 bridgehead atoms. The molecule has 1 N–H and O–H groups in total. The Labute approximate surface area is 130 Å². The molecule has 1 aromatic heterocycles. The van der Waals surface area contributed by atoms with E-state index in [1.54, 1.807) is 17.4 Å². The first-order chi connectivity index (χ1) is 10.0. The SMILES string of the molecule is CCNCc1sc2cccc(F)c2c1COC(C)C(C)C. The lowest BCUT2D eigenvalue weighted by Crippen LogP contribution is -2.16. The fraction of sp³-hybridized carbons (Fsp3) is 0.529. The van der Waals surface area contributed by atoms with Gasteiger partial charge in [0, 0.05) is 27.1 Å². The van der Waals surface area contributed by atoms with Crippen LogP contribution in [-0.2, 0) is 17.9 Å². The van der Waals surface area contributed by atoms with Gasteiger partial charge in [0.25, 0.3) is 0 Å². The monoisotopic (exact) mass is 309 g/mol. The van der Waals surface area contributed by atoms with E-state index in [-0.39, 0.29) is 11.9 Å². The second-order valence-corrected chi connectivity index (χ2v) is 6.79. The number of rotatable bonds is 7. The Balaban J connectivity index is 2.32. The van der Waals surface area contributed by atoms with E-state index in [1.807, 2.05) is 6.07 Å². The Morgan fingerprint density at radius 2 is 2.05 bits per heavy atom. The molecule has 0 saturated heterocycles. The molecule has 116 valence electrons. The predicted molar refractivity (Wildman–Crippen MR) is 88.3 cm³/mol. The van der Waals surface area contributed by atoms with Crippen LogP contribution in [0.1, 0.15) is 38.1 Å². The summed E-state index contributed by atoms with van der Waals surface area (Å²) in [4.78, 5) is 1.17. The summed E-state index contributed by atoms with van der Waals surface area (Å²) in [7, 11) is 0. The van der Waals surface area contributed by atoms with Crippen molar-refractivity contribution in [2.45, 2.75) is 47.0 Å². The standard InChI is InChI=1S/C17H24FNOS/c1-5-19-9-16-13(10-20-12(4)11(2)3)17-14(18)7-6-8-15(17)21-16/h6-8,11-12,19H,5,9-10H2,1-4H3. The molecule has 0 saturated carbocycles. The molecule has 1 aromatic carbocycles. The number of hydrogen-bond donors (Lipinski definition) is 1. The highest BCUT2D eigenvalue weighted by atomic mass is 32.1. The van der Waals surface area contributed by atoms with Crippen molar-refractivity contribution in [3.63, 3.8) is 0 Å². The van der Waals surface area contributed by atoms with Crippen molar-refractivity contribution < 1.29 is 9.13 Å². The van der Waals surface area contributed by atoms with Gasteiger partial charge >= 0.3 is 0 Å². The van der Waals surface area contributed by atoms with Crippen LogP contribution in [0, 0.1) is 11.7 Å². The third kappa shape index (κ3) is 3.82. The first-order valence-electron chi connectivity index (χ1n) is 7.55. The summed E-state index contributed by atoms with van der Waals surface area (Å²) in [5.41, 5.74) is 1.00. The van der Waals surface area contributed by atoms with E-state index in [0.29, 0.717) is 12.5 Å². The summed E-state index contributed by atoms with van der Waals surface area (Å²) in [5.74, 6) is 0.305. The molecule has 2 aromatic rings. The van der Waals surface area contributed by atoms with E-state index < -0.39 is 0 Å². The molecule has 0 radical (unpaired) electrons. The van der Waals surface area contributed by atoms with Crippen LogP contribution in [0.4, 0.5) is 4.39 Å². The van der Waals surface area contributed by atoms with Gasteiger partial charge in [0.1, 0.15) is 5.82 Å². The number of hydrogen-bond acceptors (Lipinski definition) is 3. The highest BCUT2D eigenvalue weighted by Gasteiger charge is 2.17. The molecule has 0 aliphatic rings. The Morgan fingerprint density at radius 1 is 1.29 bits per heavy atom. The van der Waals surface area contributed by atoms with Crippen LogP contribution in [0.2, 0.25) is 0 Å². The highest BCUT2D eigenvalue weighted by Crippen LogP contribution is 2.34. The van der Waals surface area contributed by atoms with Gasteiger partial charge in [0.15, 0.2) is 0 Å². The lowest BCUT2D eigenvalue weighted by atomic mass is 10.1. The fourth-order valence-corrected chi connectivity index (χ4v) is 3.35. The quantitative estimate of drug-likeness (QED) is 0.799. The zero-order chi connectivity index (χ0) is 15.4. The van der Waals surface area contributed by atoms with Gasteiger partial charge in [-0.15, -0.1) is 11.3 Å². The summed E-state index contributed by atoms with van der Waals surface area (Å²) in [6.07, 6.45) is 0.165. The summed E-state index contributed by atoms with van der Waals surface area (Å²) in [5, 5.41) is 4.06. The number of halogens is 1. The minimum atomic E-state index is -0.151. The molecule has 4 heteroatoms. The van der Waals surface area contributed by atoms with Gasteiger partial charge in [-0.3, -0.25) is 0 Å². The Bertz CT molecular complexity index is 594. The molecule has 0 aliphatic carbocycles. The van der Waals surface area contributed by atoms with Crippen molar-refractivity contribution in [1.29, 1.82) is 0 Å². The average molecular weight is 309 g/mol. The van der Waals surface area contributed by atoms with Crippen LogP contribution in [0.3, 0.4) is 0 Å². The first-order valence-corrected chi connectivity index (χ1v) is 8.37. The minimum Gasteiger partial charge on any atom is -0.373 e. The number of ether oxygens (including phenoxy) is 1. The van der Waals surface area contributed by atoms with E-state index in [0.717, 1.165) is 28.7 Å². The maximum atomic E-state index is 14.2. The normalized spacial score (nSPS) is 13.2. The third-order valence-electron chi connectivity index (χ3n) is 3.81. The van der Waals surface area contributed by atoms with E-state index in [2.05, 4.69) is 33.0 Å². The Morgan fingerprint density at radius 3 is 2.71 bits per heavy atom. The van der Waals surface area contributed by atoms with Crippen LogP contribution < -0.4 is 5.32 Å². The average Bonchev–Trinajstić information content (AvgIpc) is 2.81. The van der Waals surface area contributed by atoms with Crippen LogP contribution in [0.15, 0.2) is 18.2 Å². The van der Waals surface area contributed by atoms with Gasteiger partial charge in [-0.2, -0.15) is 0 Å². The maximum absolute atomic E-state index is 14.2.